The number of nitrogens with zero attached hydrogens (tertiary/aromatic N) is 1. The van der Waals surface area contributed by atoms with E-state index in [1.165, 1.54) is 0 Å². The summed E-state index contributed by atoms with van der Waals surface area (Å²) in [5.74, 6) is 1.96. The van der Waals surface area contributed by atoms with Gasteiger partial charge < -0.3 is 14.1 Å². The lowest BCUT2D eigenvalue weighted by molar-refractivity contribution is -0.136. The third-order valence-electron chi connectivity index (χ3n) is 3.72. The van der Waals surface area contributed by atoms with Gasteiger partial charge in [-0.25, -0.2) is 0 Å². The maximum Gasteiger partial charge on any atom is 0.230 e. The topological polar surface area (TPSA) is 42.7 Å². The highest BCUT2D eigenvalue weighted by atomic mass is 32.2. The Morgan fingerprint density at radius 1 is 1.67 bits per heavy atom. The van der Waals surface area contributed by atoms with Crippen molar-refractivity contribution >= 4 is 17.7 Å². The quantitative estimate of drug-likeness (QED) is 0.833. The molecular weight excluding hydrogens is 250 g/mol. The second-order valence-electron chi connectivity index (χ2n) is 5.06. The van der Waals surface area contributed by atoms with Crippen molar-refractivity contribution in [2.45, 2.75) is 23.7 Å². The Bertz CT molecular complexity index is 425. The third kappa shape index (κ3) is 2.17. The van der Waals surface area contributed by atoms with Gasteiger partial charge in [0.05, 0.1) is 23.5 Å². The second-order valence-corrected chi connectivity index (χ2v) is 6.55. The van der Waals surface area contributed by atoms with Gasteiger partial charge in [0.1, 0.15) is 5.76 Å². The zero-order valence-electron chi connectivity index (χ0n) is 10.4. The lowest BCUT2D eigenvalue weighted by Gasteiger charge is -2.47. The first-order chi connectivity index (χ1) is 8.71. The van der Waals surface area contributed by atoms with Crippen LogP contribution in [-0.4, -0.2) is 47.6 Å². The first kappa shape index (κ1) is 12.1. The first-order valence-electron chi connectivity index (χ1n) is 6.18. The fraction of sp³-hybridized carbons (Fsp3) is 0.615. The van der Waals surface area contributed by atoms with Gasteiger partial charge in [-0.15, -0.1) is 11.8 Å². The largest absolute Gasteiger partial charge is 0.469 e. The Kier molecular flexibility index (Phi) is 3.11. The van der Waals surface area contributed by atoms with Crippen molar-refractivity contribution in [2.24, 2.45) is 0 Å². The van der Waals surface area contributed by atoms with E-state index in [1.807, 2.05) is 28.8 Å². The number of methoxy groups -OCH3 is 1. The molecule has 1 spiro atoms. The summed E-state index contributed by atoms with van der Waals surface area (Å²) in [6.45, 7) is 1.72. The van der Waals surface area contributed by atoms with E-state index in [0.29, 0.717) is 12.5 Å². The zero-order valence-corrected chi connectivity index (χ0v) is 11.2. The summed E-state index contributed by atoms with van der Waals surface area (Å²) in [4.78, 5) is 13.9. The smallest absolute Gasteiger partial charge is 0.230 e. The van der Waals surface area contributed by atoms with Crippen LogP contribution in [0.25, 0.3) is 0 Å². The molecule has 3 heterocycles. The van der Waals surface area contributed by atoms with Gasteiger partial charge in [-0.3, -0.25) is 4.79 Å². The Morgan fingerprint density at radius 3 is 3.11 bits per heavy atom. The number of hydrogen-bond donors (Lipinski definition) is 0. The number of amides is 1. The van der Waals surface area contributed by atoms with Crippen LogP contribution in [0.2, 0.25) is 0 Å². The van der Waals surface area contributed by atoms with E-state index >= 15 is 0 Å². The number of hydrogen-bond acceptors (Lipinski definition) is 4. The first-order valence-corrected chi connectivity index (χ1v) is 7.16. The summed E-state index contributed by atoms with van der Waals surface area (Å²) < 4.78 is 10.8. The summed E-state index contributed by atoms with van der Waals surface area (Å²) in [6, 6.07) is 3.66. The van der Waals surface area contributed by atoms with Gasteiger partial charge in [-0.05, 0) is 18.6 Å². The van der Waals surface area contributed by atoms with E-state index in [1.54, 1.807) is 13.4 Å². The fourth-order valence-corrected chi connectivity index (χ4v) is 4.27. The van der Waals surface area contributed by atoms with Gasteiger partial charge in [0.25, 0.3) is 0 Å². The number of ether oxygens (including phenoxy) is 1. The molecule has 1 amide bonds. The highest BCUT2D eigenvalue weighted by molar-refractivity contribution is 8.01. The molecular formula is C13H17NO3S. The van der Waals surface area contributed by atoms with E-state index in [2.05, 4.69) is 0 Å². The molecule has 1 unspecified atom stereocenters. The van der Waals surface area contributed by atoms with E-state index < -0.39 is 0 Å². The Balaban J connectivity index is 1.51. The Hall–Kier alpha value is -0.940. The molecule has 98 valence electrons. The summed E-state index contributed by atoms with van der Waals surface area (Å²) >= 11 is 1.95. The predicted octanol–water partition coefficient (Wildman–Crippen LogP) is 1.55. The van der Waals surface area contributed by atoms with Crippen LogP contribution in [-0.2, 0) is 16.0 Å². The number of thioether (sulfide) groups is 1. The van der Waals surface area contributed by atoms with Crippen molar-refractivity contribution in [3.8, 4) is 0 Å². The van der Waals surface area contributed by atoms with E-state index in [4.69, 9.17) is 9.15 Å². The van der Waals surface area contributed by atoms with E-state index in [9.17, 15) is 4.79 Å². The second kappa shape index (κ2) is 4.63. The van der Waals surface area contributed by atoms with Crippen molar-refractivity contribution in [3.05, 3.63) is 24.2 Å². The number of likely N-dealkylation sites (tertiary alicyclic amines) is 1. The molecule has 1 aromatic rings. The van der Waals surface area contributed by atoms with Crippen LogP contribution in [0.3, 0.4) is 0 Å². The summed E-state index contributed by atoms with van der Waals surface area (Å²) in [6.07, 6.45) is 3.41. The average Bonchev–Trinajstić information content (AvgIpc) is 2.94. The van der Waals surface area contributed by atoms with Crippen LogP contribution < -0.4 is 0 Å². The summed E-state index contributed by atoms with van der Waals surface area (Å²) in [5.41, 5.74) is 0. The minimum absolute atomic E-state index is 0.164. The standard InChI is InChI=1S/C13H17NO3S/c1-16-11-6-13(18-7-11)8-14(9-13)12(15)5-10-3-2-4-17-10/h2-4,11H,5-9H2,1H3. The lowest BCUT2D eigenvalue weighted by atomic mass is 9.92. The van der Waals surface area contributed by atoms with Gasteiger partial charge in [-0.2, -0.15) is 0 Å². The molecule has 1 aromatic heterocycles. The molecule has 2 saturated heterocycles. The molecule has 1 atom stereocenters. The zero-order chi connectivity index (χ0) is 12.6. The molecule has 18 heavy (non-hydrogen) atoms. The molecule has 0 saturated carbocycles. The van der Waals surface area contributed by atoms with Crippen LogP contribution in [0.15, 0.2) is 22.8 Å². The molecule has 0 bridgehead atoms. The van der Waals surface area contributed by atoms with Crippen molar-refractivity contribution in [1.82, 2.24) is 4.90 Å². The maximum absolute atomic E-state index is 12.0. The maximum atomic E-state index is 12.0. The highest BCUT2D eigenvalue weighted by Crippen LogP contribution is 2.45. The fourth-order valence-electron chi connectivity index (χ4n) is 2.67. The number of furan rings is 1. The van der Waals surface area contributed by atoms with Crippen LogP contribution in [0.1, 0.15) is 12.2 Å². The molecule has 3 rings (SSSR count). The molecule has 2 aliphatic rings. The van der Waals surface area contributed by atoms with E-state index in [0.717, 1.165) is 31.0 Å². The van der Waals surface area contributed by atoms with Gasteiger partial charge in [0.2, 0.25) is 5.91 Å². The van der Waals surface area contributed by atoms with Gasteiger partial charge >= 0.3 is 0 Å². The normalized spacial score (nSPS) is 25.4. The summed E-state index contributed by atoms with van der Waals surface area (Å²) in [5, 5.41) is 0. The predicted molar refractivity (Wildman–Crippen MR) is 69.6 cm³/mol. The van der Waals surface area contributed by atoms with Gasteiger partial charge in [-0.1, -0.05) is 0 Å². The van der Waals surface area contributed by atoms with Crippen LogP contribution in [0, 0.1) is 0 Å². The van der Waals surface area contributed by atoms with Crippen molar-refractivity contribution < 1.29 is 13.9 Å². The molecule has 0 N–H and O–H groups in total. The van der Waals surface area contributed by atoms with Crippen LogP contribution in [0.4, 0.5) is 0 Å². The minimum Gasteiger partial charge on any atom is -0.469 e. The van der Waals surface area contributed by atoms with Gasteiger partial charge in [0.15, 0.2) is 0 Å². The molecule has 4 nitrogen and oxygen atoms in total. The third-order valence-corrected chi connectivity index (χ3v) is 5.30. The molecule has 2 aliphatic heterocycles. The van der Waals surface area contributed by atoms with Crippen molar-refractivity contribution in [3.63, 3.8) is 0 Å². The molecule has 5 heteroatoms. The number of carbonyl (C=O) groups is 1. The molecule has 0 aliphatic carbocycles. The Labute approximate surface area is 111 Å². The van der Waals surface area contributed by atoms with Gasteiger partial charge in [0, 0.05) is 26.0 Å². The highest BCUT2D eigenvalue weighted by Gasteiger charge is 2.50. The van der Waals surface area contributed by atoms with Crippen molar-refractivity contribution in [1.29, 1.82) is 0 Å². The minimum atomic E-state index is 0.164. The Morgan fingerprint density at radius 2 is 2.50 bits per heavy atom. The van der Waals surface area contributed by atoms with Crippen LogP contribution in [0.5, 0.6) is 0 Å². The molecule has 0 aromatic carbocycles. The lowest BCUT2D eigenvalue weighted by Crippen LogP contribution is -2.61. The van der Waals surface area contributed by atoms with Crippen LogP contribution >= 0.6 is 11.8 Å². The van der Waals surface area contributed by atoms with E-state index in [-0.39, 0.29) is 10.7 Å². The molecule has 2 fully saturated rings. The average molecular weight is 267 g/mol. The number of rotatable bonds is 3. The monoisotopic (exact) mass is 267 g/mol. The number of carbonyl (C=O) groups excluding carboxylic acids is 1. The molecule has 0 radical (unpaired) electrons. The SMILES string of the molecule is COC1CSC2(C1)CN(C(=O)Cc1ccco1)C2. The van der Waals surface area contributed by atoms with Crippen molar-refractivity contribution in [2.75, 3.05) is 26.0 Å². The summed E-state index contributed by atoms with van der Waals surface area (Å²) in [7, 11) is 1.77.